The summed E-state index contributed by atoms with van der Waals surface area (Å²) in [5, 5.41) is 1.25. The van der Waals surface area contributed by atoms with Crippen LogP contribution in [0.2, 0.25) is 0 Å². The predicted octanol–water partition coefficient (Wildman–Crippen LogP) is 3.34. The molecule has 3 heteroatoms. The van der Waals surface area contributed by atoms with Crippen molar-refractivity contribution < 1.29 is 0 Å². The maximum atomic E-state index is 5.82. The van der Waals surface area contributed by atoms with Crippen molar-refractivity contribution in [2.75, 3.05) is 24.5 Å². The third kappa shape index (κ3) is 2.88. The van der Waals surface area contributed by atoms with Gasteiger partial charge in [0, 0.05) is 18.5 Å². The molecule has 3 nitrogen and oxygen atoms in total. The number of benzene rings is 1. The van der Waals surface area contributed by atoms with E-state index in [-0.39, 0.29) is 0 Å². The van der Waals surface area contributed by atoms with Gasteiger partial charge in [0.1, 0.15) is 5.82 Å². The molecule has 1 aromatic heterocycles. The van der Waals surface area contributed by atoms with E-state index in [0.29, 0.717) is 6.54 Å². The summed E-state index contributed by atoms with van der Waals surface area (Å²) in [5.41, 5.74) is 10.8. The maximum absolute atomic E-state index is 5.82. The molecule has 1 aliphatic heterocycles. The quantitative estimate of drug-likeness (QED) is 0.939. The predicted molar refractivity (Wildman–Crippen MR) is 90.0 cm³/mol. The van der Waals surface area contributed by atoms with Crippen molar-refractivity contribution in [3.8, 4) is 0 Å². The van der Waals surface area contributed by atoms with E-state index in [4.69, 9.17) is 10.7 Å². The zero-order valence-corrected chi connectivity index (χ0v) is 13.2. The summed E-state index contributed by atoms with van der Waals surface area (Å²) in [7, 11) is 0. The van der Waals surface area contributed by atoms with E-state index >= 15 is 0 Å². The van der Waals surface area contributed by atoms with Crippen molar-refractivity contribution in [2.45, 2.75) is 39.5 Å². The molecule has 112 valence electrons. The molecule has 21 heavy (non-hydrogen) atoms. The number of piperidine rings is 1. The van der Waals surface area contributed by atoms with Gasteiger partial charge in [0.05, 0.1) is 5.52 Å². The van der Waals surface area contributed by atoms with Crippen LogP contribution in [0.4, 0.5) is 5.82 Å². The normalized spacial score (nSPS) is 15.7. The van der Waals surface area contributed by atoms with Gasteiger partial charge in [-0.05, 0) is 69.3 Å². The Morgan fingerprint density at radius 1 is 1.10 bits per heavy atom. The molecule has 0 unspecified atom stereocenters. The monoisotopic (exact) mass is 283 g/mol. The molecule has 0 atom stereocenters. The maximum Gasteiger partial charge on any atom is 0.132 e. The van der Waals surface area contributed by atoms with Gasteiger partial charge >= 0.3 is 0 Å². The smallest absolute Gasteiger partial charge is 0.132 e. The number of anilines is 1. The van der Waals surface area contributed by atoms with E-state index in [1.54, 1.807) is 0 Å². The van der Waals surface area contributed by atoms with Gasteiger partial charge < -0.3 is 10.6 Å². The van der Waals surface area contributed by atoms with E-state index in [2.05, 4.69) is 36.9 Å². The van der Waals surface area contributed by atoms with Crippen molar-refractivity contribution in [1.29, 1.82) is 0 Å². The first-order valence-electron chi connectivity index (χ1n) is 8.05. The molecular weight excluding hydrogens is 258 g/mol. The molecule has 2 N–H and O–H groups in total. The van der Waals surface area contributed by atoms with Crippen LogP contribution < -0.4 is 10.6 Å². The highest BCUT2D eigenvalue weighted by molar-refractivity contribution is 5.85. The summed E-state index contributed by atoms with van der Waals surface area (Å²) in [6.45, 7) is 7.24. The van der Waals surface area contributed by atoms with Crippen LogP contribution in [0.25, 0.3) is 10.9 Å². The Labute approximate surface area is 127 Å². The Morgan fingerprint density at radius 2 is 1.86 bits per heavy atom. The van der Waals surface area contributed by atoms with Crippen molar-refractivity contribution >= 4 is 16.7 Å². The average Bonchev–Trinajstić information content (AvgIpc) is 2.48. The molecule has 2 heterocycles. The average molecular weight is 283 g/mol. The van der Waals surface area contributed by atoms with Crippen LogP contribution in [-0.2, 0) is 6.42 Å². The number of nitrogens with zero attached hydrogens (tertiary/aromatic N) is 2. The van der Waals surface area contributed by atoms with E-state index in [9.17, 15) is 0 Å². The first-order valence-corrected chi connectivity index (χ1v) is 8.05. The molecule has 3 rings (SSSR count). The molecule has 1 aliphatic rings. The van der Waals surface area contributed by atoms with Crippen LogP contribution in [-0.4, -0.2) is 24.6 Å². The lowest BCUT2D eigenvalue weighted by Crippen LogP contribution is -2.31. The number of pyridine rings is 1. The fourth-order valence-corrected chi connectivity index (χ4v) is 3.40. The van der Waals surface area contributed by atoms with E-state index in [0.717, 1.165) is 25.0 Å². The molecule has 0 radical (unpaired) electrons. The second-order valence-electron chi connectivity index (χ2n) is 6.21. The van der Waals surface area contributed by atoms with Gasteiger partial charge in [-0.25, -0.2) is 4.98 Å². The van der Waals surface area contributed by atoms with Gasteiger partial charge in [-0.1, -0.05) is 11.6 Å². The lowest BCUT2D eigenvalue weighted by Gasteiger charge is -2.30. The summed E-state index contributed by atoms with van der Waals surface area (Å²) >= 11 is 0. The fourth-order valence-electron chi connectivity index (χ4n) is 3.40. The van der Waals surface area contributed by atoms with E-state index < -0.39 is 0 Å². The summed E-state index contributed by atoms with van der Waals surface area (Å²) < 4.78 is 0. The Balaban J connectivity index is 2.13. The fraction of sp³-hybridized carbons (Fsp3) is 0.500. The minimum absolute atomic E-state index is 0.679. The van der Waals surface area contributed by atoms with Crippen LogP contribution in [0.3, 0.4) is 0 Å². The number of aromatic nitrogens is 1. The number of aryl methyl sites for hydroxylation is 2. The molecule has 1 saturated heterocycles. The first-order chi connectivity index (χ1) is 10.2. The van der Waals surface area contributed by atoms with E-state index in [1.165, 1.54) is 47.2 Å². The topological polar surface area (TPSA) is 42.2 Å². The van der Waals surface area contributed by atoms with Crippen molar-refractivity contribution in [1.82, 2.24) is 4.98 Å². The number of hydrogen-bond donors (Lipinski definition) is 1. The highest BCUT2D eigenvalue weighted by Gasteiger charge is 2.17. The number of nitrogens with two attached hydrogens (primary N) is 1. The third-order valence-corrected chi connectivity index (χ3v) is 4.38. The van der Waals surface area contributed by atoms with Crippen LogP contribution >= 0.6 is 0 Å². The molecule has 1 aromatic carbocycles. The summed E-state index contributed by atoms with van der Waals surface area (Å²) in [6.07, 6.45) is 4.79. The van der Waals surface area contributed by atoms with E-state index in [1.807, 2.05) is 0 Å². The Bertz CT molecular complexity index is 642. The summed E-state index contributed by atoms with van der Waals surface area (Å²) in [4.78, 5) is 7.48. The lowest BCUT2D eigenvalue weighted by atomic mass is 10.0. The highest BCUT2D eigenvalue weighted by atomic mass is 15.2. The molecule has 0 spiro atoms. The Morgan fingerprint density at radius 3 is 2.57 bits per heavy atom. The molecule has 2 aromatic rings. The number of fused-ring (bicyclic) bond motifs is 1. The number of rotatable bonds is 3. The third-order valence-electron chi connectivity index (χ3n) is 4.38. The van der Waals surface area contributed by atoms with Gasteiger partial charge in [0.2, 0.25) is 0 Å². The van der Waals surface area contributed by atoms with Gasteiger partial charge in [-0.3, -0.25) is 0 Å². The van der Waals surface area contributed by atoms with Gasteiger partial charge in [-0.2, -0.15) is 0 Å². The minimum atomic E-state index is 0.679. The molecule has 1 fully saturated rings. The van der Waals surface area contributed by atoms with Crippen molar-refractivity contribution in [3.05, 3.63) is 34.9 Å². The Kier molecular flexibility index (Phi) is 4.11. The largest absolute Gasteiger partial charge is 0.356 e. The first kappa shape index (κ1) is 14.3. The molecule has 0 saturated carbocycles. The van der Waals surface area contributed by atoms with Crippen LogP contribution in [0.15, 0.2) is 18.2 Å². The van der Waals surface area contributed by atoms with Gasteiger partial charge in [-0.15, -0.1) is 0 Å². The van der Waals surface area contributed by atoms with Gasteiger partial charge in [0.25, 0.3) is 0 Å². The minimum Gasteiger partial charge on any atom is -0.356 e. The SMILES string of the molecule is Cc1cc(C)c2nc(N3CCCCC3)c(CCN)cc2c1. The zero-order valence-electron chi connectivity index (χ0n) is 13.2. The van der Waals surface area contributed by atoms with Crippen LogP contribution in [0, 0.1) is 13.8 Å². The molecular formula is C18H25N3. The highest BCUT2D eigenvalue weighted by Crippen LogP contribution is 2.28. The Hall–Kier alpha value is -1.61. The second kappa shape index (κ2) is 6.02. The molecule has 0 amide bonds. The van der Waals surface area contributed by atoms with Crippen LogP contribution in [0.5, 0.6) is 0 Å². The number of hydrogen-bond acceptors (Lipinski definition) is 3. The second-order valence-corrected chi connectivity index (χ2v) is 6.21. The lowest BCUT2D eigenvalue weighted by molar-refractivity contribution is 0.572. The van der Waals surface area contributed by atoms with Crippen molar-refractivity contribution in [3.63, 3.8) is 0 Å². The van der Waals surface area contributed by atoms with Gasteiger partial charge in [0.15, 0.2) is 0 Å². The molecule has 0 aliphatic carbocycles. The standard InChI is InChI=1S/C18H25N3/c1-13-10-14(2)17-16(11-13)12-15(6-7-19)18(20-17)21-8-4-3-5-9-21/h10-12H,3-9,19H2,1-2H3. The molecule has 0 bridgehead atoms. The summed E-state index contributed by atoms with van der Waals surface area (Å²) in [5.74, 6) is 1.17. The summed E-state index contributed by atoms with van der Waals surface area (Å²) in [6, 6.07) is 6.76. The zero-order chi connectivity index (χ0) is 14.8. The van der Waals surface area contributed by atoms with Crippen molar-refractivity contribution in [2.24, 2.45) is 5.73 Å². The van der Waals surface area contributed by atoms with Crippen LogP contribution in [0.1, 0.15) is 36.0 Å².